The molecule has 21 heavy (non-hydrogen) atoms. The summed E-state index contributed by atoms with van der Waals surface area (Å²) in [6.07, 6.45) is 0.537. The highest BCUT2D eigenvalue weighted by Crippen LogP contribution is 2.24. The zero-order valence-corrected chi connectivity index (χ0v) is 12.5. The Balaban J connectivity index is 2.19. The first-order valence-corrected chi connectivity index (χ1v) is 6.97. The van der Waals surface area contributed by atoms with Gasteiger partial charge < -0.3 is 15.4 Å². The van der Waals surface area contributed by atoms with Gasteiger partial charge in [0.25, 0.3) is 0 Å². The van der Waals surface area contributed by atoms with E-state index in [0.717, 1.165) is 17.0 Å². The van der Waals surface area contributed by atoms with Crippen LogP contribution in [0.15, 0.2) is 42.5 Å². The van der Waals surface area contributed by atoms with Crippen LogP contribution in [0.25, 0.3) is 0 Å². The Morgan fingerprint density at radius 2 is 1.86 bits per heavy atom. The van der Waals surface area contributed by atoms with Gasteiger partial charge in [-0.2, -0.15) is 0 Å². The van der Waals surface area contributed by atoms with E-state index in [2.05, 4.69) is 0 Å². The Morgan fingerprint density at radius 1 is 1.14 bits per heavy atom. The number of benzene rings is 2. The summed E-state index contributed by atoms with van der Waals surface area (Å²) < 4.78 is 19.1. The molecule has 2 rings (SSSR count). The van der Waals surface area contributed by atoms with Crippen LogP contribution >= 0.6 is 0 Å². The Hall–Kier alpha value is -2.07. The van der Waals surface area contributed by atoms with Crippen molar-refractivity contribution in [2.75, 3.05) is 25.6 Å². The molecule has 0 spiro atoms. The van der Waals surface area contributed by atoms with Crippen LogP contribution in [-0.2, 0) is 13.0 Å². The van der Waals surface area contributed by atoms with Crippen LogP contribution in [0.3, 0.4) is 0 Å². The smallest absolute Gasteiger partial charge is 0.128 e. The fourth-order valence-electron chi connectivity index (χ4n) is 2.39. The van der Waals surface area contributed by atoms with Crippen LogP contribution < -0.4 is 15.4 Å². The van der Waals surface area contributed by atoms with Crippen LogP contribution in [0.2, 0.25) is 0 Å². The molecule has 2 N–H and O–H groups in total. The van der Waals surface area contributed by atoms with Crippen molar-refractivity contribution in [3.8, 4) is 5.75 Å². The third-order valence-corrected chi connectivity index (χ3v) is 3.48. The highest BCUT2D eigenvalue weighted by Gasteiger charge is 2.11. The van der Waals surface area contributed by atoms with Crippen LogP contribution in [0, 0.1) is 5.82 Å². The predicted molar refractivity (Wildman–Crippen MR) is 84.3 cm³/mol. The van der Waals surface area contributed by atoms with E-state index < -0.39 is 0 Å². The molecule has 0 heterocycles. The number of rotatable bonds is 6. The molecule has 0 saturated carbocycles. The molecule has 0 atom stereocenters. The fraction of sp³-hybridized carbons (Fsp3) is 0.294. The van der Waals surface area contributed by atoms with E-state index in [-0.39, 0.29) is 5.82 Å². The molecule has 2 aromatic rings. The van der Waals surface area contributed by atoms with Crippen molar-refractivity contribution in [3.05, 3.63) is 59.4 Å². The van der Waals surface area contributed by atoms with Gasteiger partial charge in [0, 0.05) is 24.8 Å². The van der Waals surface area contributed by atoms with E-state index in [1.54, 1.807) is 13.2 Å². The number of methoxy groups -OCH3 is 1. The summed E-state index contributed by atoms with van der Waals surface area (Å²) in [6, 6.07) is 13.0. The van der Waals surface area contributed by atoms with Crippen LogP contribution in [-0.4, -0.2) is 20.7 Å². The highest BCUT2D eigenvalue weighted by molar-refractivity contribution is 5.54. The molecule has 0 bridgehead atoms. The second-order valence-corrected chi connectivity index (χ2v) is 4.98. The topological polar surface area (TPSA) is 38.5 Å². The summed E-state index contributed by atoms with van der Waals surface area (Å²) >= 11 is 0. The second kappa shape index (κ2) is 7.09. The van der Waals surface area contributed by atoms with Gasteiger partial charge in [0.1, 0.15) is 11.6 Å². The van der Waals surface area contributed by atoms with Gasteiger partial charge in [-0.25, -0.2) is 4.39 Å². The van der Waals surface area contributed by atoms with Crippen molar-refractivity contribution in [3.63, 3.8) is 0 Å². The second-order valence-electron chi connectivity index (χ2n) is 4.98. The molecule has 2 aromatic carbocycles. The van der Waals surface area contributed by atoms with Crippen LogP contribution in [0.5, 0.6) is 5.75 Å². The molecule has 0 aliphatic heterocycles. The van der Waals surface area contributed by atoms with E-state index in [1.807, 2.05) is 42.3 Å². The fourth-order valence-corrected chi connectivity index (χ4v) is 2.39. The Morgan fingerprint density at radius 3 is 2.48 bits per heavy atom. The summed E-state index contributed by atoms with van der Waals surface area (Å²) in [5.41, 5.74) is 8.29. The van der Waals surface area contributed by atoms with E-state index in [0.29, 0.717) is 25.1 Å². The predicted octanol–water partition coefficient (Wildman–Crippen LogP) is 2.97. The minimum absolute atomic E-state index is 0.195. The lowest BCUT2D eigenvalue weighted by molar-refractivity contribution is 0.414. The lowest BCUT2D eigenvalue weighted by Gasteiger charge is -2.23. The number of nitrogens with two attached hydrogens (primary N) is 1. The van der Waals surface area contributed by atoms with E-state index in [4.69, 9.17) is 10.5 Å². The minimum Gasteiger partial charge on any atom is -0.497 e. The SMILES string of the molecule is COc1ccc(CN(C)c2cccc(F)c2CCN)cc1. The Kier molecular flexibility index (Phi) is 5.17. The summed E-state index contributed by atoms with van der Waals surface area (Å²) in [6.45, 7) is 1.13. The lowest BCUT2D eigenvalue weighted by atomic mass is 10.1. The zero-order valence-electron chi connectivity index (χ0n) is 12.5. The molecule has 0 unspecified atom stereocenters. The highest BCUT2D eigenvalue weighted by atomic mass is 19.1. The first-order valence-electron chi connectivity index (χ1n) is 6.97. The molecule has 3 nitrogen and oxygen atoms in total. The van der Waals surface area contributed by atoms with E-state index in [1.165, 1.54) is 6.07 Å². The lowest BCUT2D eigenvalue weighted by Crippen LogP contribution is -2.19. The van der Waals surface area contributed by atoms with Gasteiger partial charge >= 0.3 is 0 Å². The third kappa shape index (κ3) is 3.73. The van der Waals surface area contributed by atoms with Crippen molar-refractivity contribution in [1.29, 1.82) is 0 Å². The number of nitrogens with zero attached hydrogens (tertiary/aromatic N) is 1. The van der Waals surface area contributed by atoms with Crippen LogP contribution in [0.1, 0.15) is 11.1 Å². The van der Waals surface area contributed by atoms with Crippen LogP contribution in [0.4, 0.5) is 10.1 Å². The number of hydrogen-bond acceptors (Lipinski definition) is 3. The maximum atomic E-state index is 13.9. The summed E-state index contributed by atoms with van der Waals surface area (Å²) in [7, 11) is 3.60. The zero-order chi connectivity index (χ0) is 15.2. The molecule has 0 aliphatic rings. The Bertz CT molecular complexity index is 584. The van der Waals surface area contributed by atoms with Gasteiger partial charge in [0.15, 0.2) is 0 Å². The standard InChI is InChI=1S/C17H21FN2O/c1-20(12-13-6-8-14(21-2)9-7-13)17-5-3-4-16(18)15(17)10-11-19/h3-9H,10-12,19H2,1-2H3. The molecule has 0 fully saturated rings. The van der Waals surface area contributed by atoms with Crippen molar-refractivity contribution < 1.29 is 9.13 Å². The van der Waals surface area contributed by atoms with Crippen molar-refractivity contribution in [1.82, 2.24) is 0 Å². The largest absolute Gasteiger partial charge is 0.497 e. The average molecular weight is 288 g/mol. The summed E-state index contributed by atoms with van der Waals surface area (Å²) in [5.74, 6) is 0.635. The monoisotopic (exact) mass is 288 g/mol. The molecule has 0 aromatic heterocycles. The van der Waals surface area contributed by atoms with Gasteiger partial charge in [0.05, 0.1) is 7.11 Å². The molecular formula is C17H21FN2O. The van der Waals surface area contributed by atoms with Crippen molar-refractivity contribution in [2.24, 2.45) is 5.73 Å². The van der Waals surface area contributed by atoms with E-state index in [9.17, 15) is 4.39 Å². The van der Waals surface area contributed by atoms with Gasteiger partial charge in [0.2, 0.25) is 0 Å². The Labute approximate surface area is 125 Å². The van der Waals surface area contributed by atoms with Crippen molar-refractivity contribution in [2.45, 2.75) is 13.0 Å². The van der Waals surface area contributed by atoms with Gasteiger partial charge in [-0.1, -0.05) is 18.2 Å². The molecule has 112 valence electrons. The average Bonchev–Trinajstić information content (AvgIpc) is 2.50. The van der Waals surface area contributed by atoms with Gasteiger partial charge in [-0.05, 0) is 42.8 Å². The minimum atomic E-state index is -0.195. The first-order chi connectivity index (χ1) is 10.2. The summed E-state index contributed by atoms with van der Waals surface area (Å²) in [4.78, 5) is 2.04. The number of halogens is 1. The quantitative estimate of drug-likeness (QED) is 0.888. The van der Waals surface area contributed by atoms with Crippen molar-refractivity contribution >= 4 is 5.69 Å². The summed E-state index contributed by atoms with van der Waals surface area (Å²) in [5, 5.41) is 0. The maximum Gasteiger partial charge on any atom is 0.128 e. The molecule has 0 aliphatic carbocycles. The first kappa shape index (κ1) is 15.3. The number of hydrogen-bond donors (Lipinski definition) is 1. The van der Waals surface area contributed by atoms with Gasteiger partial charge in [-0.3, -0.25) is 0 Å². The van der Waals surface area contributed by atoms with E-state index >= 15 is 0 Å². The van der Waals surface area contributed by atoms with Gasteiger partial charge in [-0.15, -0.1) is 0 Å². The molecular weight excluding hydrogens is 267 g/mol. The maximum absolute atomic E-state index is 13.9. The molecule has 0 radical (unpaired) electrons. The molecule has 0 amide bonds. The molecule has 0 saturated heterocycles. The number of ether oxygens (including phenoxy) is 1. The number of anilines is 1. The third-order valence-electron chi connectivity index (χ3n) is 3.48. The normalized spacial score (nSPS) is 10.5. The molecule has 4 heteroatoms.